The van der Waals surface area contributed by atoms with Gasteiger partial charge in [-0.15, -0.1) is 11.3 Å². The first-order valence-corrected chi connectivity index (χ1v) is 9.65. The molecule has 3 aromatic rings. The molecule has 9 heteroatoms. The number of carbonyl (C=O) groups is 1. The monoisotopic (exact) mass is 377 g/mol. The van der Waals surface area contributed by atoms with Gasteiger partial charge in [0.05, 0.1) is 32.9 Å². The first-order valence-electron chi connectivity index (χ1n) is 7.08. The summed E-state index contributed by atoms with van der Waals surface area (Å²) in [7, 11) is 0. The number of nitrogens with one attached hydrogen (secondary N) is 1. The average Bonchev–Trinajstić information content (AvgIpc) is 3.13. The third-order valence-corrected chi connectivity index (χ3v) is 6.15. The van der Waals surface area contributed by atoms with Crippen LogP contribution in [0.25, 0.3) is 10.2 Å². The number of amides is 1. The van der Waals surface area contributed by atoms with E-state index in [0.29, 0.717) is 10.7 Å². The molecule has 0 aliphatic carbocycles. The quantitative estimate of drug-likeness (QED) is 0.404. The Bertz CT molecular complexity index is 862. The molecule has 2 aromatic heterocycles. The SMILES string of the molecule is C/C(=N/NC(=O)CSc1nc2ccccc2s1)c1c(C)nsc1N. The van der Waals surface area contributed by atoms with E-state index in [-0.39, 0.29) is 11.7 Å². The number of hydrazone groups is 1. The summed E-state index contributed by atoms with van der Waals surface area (Å²) in [5.74, 6) is 0.0745. The fourth-order valence-electron chi connectivity index (χ4n) is 2.10. The minimum atomic E-state index is -0.182. The zero-order chi connectivity index (χ0) is 17.1. The summed E-state index contributed by atoms with van der Waals surface area (Å²) in [6, 6.07) is 7.91. The Morgan fingerprint density at radius 3 is 2.92 bits per heavy atom. The summed E-state index contributed by atoms with van der Waals surface area (Å²) in [6.45, 7) is 3.67. The van der Waals surface area contributed by atoms with Crippen molar-refractivity contribution in [3.63, 3.8) is 0 Å². The van der Waals surface area contributed by atoms with E-state index < -0.39 is 0 Å². The summed E-state index contributed by atoms with van der Waals surface area (Å²) >= 11 is 4.21. The van der Waals surface area contributed by atoms with Crippen LogP contribution in [0.4, 0.5) is 5.00 Å². The summed E-state index contributed by atoms with van der Waals surface area (Å²) < 4.78 is 6.16. The molecule has 0 saturated heterocycles. The van der Waals surface area contributed by atoms with E-state index in [1.54, 1.807) is 18.3 Å². The van der Waals surface area contributed by atoms with Gasteiger partial charge < -0.3 is 5.73 Å². The highest BCUT2D eigenvalue weighted by atomic mass is 32.2. The molecule has 6 nitrogen and oxygen atoms in total. The van der Waals surface area contributed by atoms with E-state index in [0.717, 1.165) is 25.8 Å². The molecule has 1 amide bonds. The van der Waals surface area contributed by atoms with Gasteiger partial charge in [-0.1, -0.05) is 23.9 Å². The van der Waals surface area contributed by atoms with E-state index in [4.69, 9.17) is 5.73 Å². The number of para-hydroxylation sites is 1. The first kappa shape index (κ1) is 16.9. The second kappa shape index (κ2) is 7.29. The summed E-state index contributed by atoms with van der Waals surface area (Å²) in [4.78, 5) is 16.5. The lowest BCUT2D eigenvalue weighted by Gasteiger charge is -2.02. The number of aryl methyl sites for hydroxylation is 1. The Labute approximate surface area is 151 Å². The largest absolute Gasteiger partial charge is 0.389 e. The highest BCUT2D eigenvalue weighted by Gasteiger charge is 2.12. The zero-order valence-electron chi connectivity index (χ0n) is 13.1. The molecule has 0 spiro atoms. The van der Waals surface area contributed by atoms with Gasteiger partial charge >= 0.3 is 0 Å². The predicted octanol–water partition coefficient (Wildman–Crippen LogP) is 3.28. The number of benzene rings is 1. The van der Waals surface area contributed by atoms with Gasteiger partial charge in [-0.3, -0.25) is 4.79 Å². The molecule has 2 heterocycles. The minimum Gasteiger partial charge on any atom is -0.389 e. The molecule has 0 radical (unpaired) electrons. The number of hydrogen-bond donors (Lipinski definition) is 2. The van der Waals surface area contributed by atoms with E-state index >= 15 is 0 Å². The molecule has 124 valence electrons. The lowest BCUT2D eigenvalue weighted by molar-refractivity contribution is -0.118. The Morgan fingerprint density at radius 2 is 2.21 bits per heavy atom. The van der Waals surface area contributed by atoms with Crippen LogP contribution < -0.4 is 11.2 Å². The van der Waals surface area contributed by atoms with Gasteiger partial charge in [0.1, 0.15) is 5.00 Å². The summed E-state index contributed by atoms with van der Waals surface area (Å²) in [5.41, 5.74) is 11.6. The lowest BCUT2D eigenvalue weighted by Crippen LogP contribution is -2.21. The van der Waals surface area contributed by atoms with Crippen molar-refractivity contribution in [1.82, 2.24) is 14.8 Å². The van der Waals surface area contributed by atoms with Crippen LogP contribution in [-0.4, -0.2) is 26.7 Å². The Hall–Kier alpha value is -1.97. The number of anilines is 1. The van der Waals surface area contributed by atoms with Gasteiger partial charge in [0, 0.05) is 0 Å². The summed E-state index contributed by atoms with van der Waals surface area (Å²) in [5, 5.41) is 4.72. The minimum absolute atomic E-state index is 0.182. The third-order valence-electron chi connectivity index (χ3n) is 3.20. The van der Waals surface area contributed by atoms with Crippen LogP contribution in [0.3, 0.4) is 0 Å². The van der Waals surface area contributed by atoms with Crippen LogP contribution in [0.5, 0.6) is 0 Å². The summed E-state index contributed by atoms with van der Waals surface area (Å²) in [6.07, 6.45) is 0. The number of carbonyl (C=O) groups excluding carboxylic acids is 1. The number of rotatable bonds is 5. The second-order valence-electron chi connectivity index (χ2n) is 4.98. The molecule has 0 aliphatic heterocycles. The van der Waals surface area contributed by atoms with E-state index in [9.17, 15) is 4.79 Å². The molecule has 1 aromatic carbocycles. The van der Waals surface area contributed by atoms with Gasteiger partial charge in [-0.05, 0) is 37.5 Å². The molecule has 3 N–H and O–H groups in total. The number of aromatic nitrogens is 2. The third kappa shape index (κ3) is 3.74. The Morgan fingerprint density at radius 1 is 1.42 bits per heavy atom. The van der Waals surface area contributed by atoms with Crippen molar-refractivity contribution in [3.05, 3.63) is 35.5 Å². The van der Waals surface area contributed by atoms with Crippen molar-refractivity contribution in [2.75, 3.05) is 11.5 Å². The first-order chi connectivity index (χ1) is 11.5. The Kier molecular flexibility index (Phi) is 5.12. The fraction of sp³-hybridized carbons (Fsp3) is 0.200. The van der Waals surface area contributed by atoms with Crippen LogP contribution in [0.1, 0.15) is 18.2 Å². The fourth-order valence-corrected chi connectivity index (χ4v) is 4.68. The van der Waals surface area contributed by atoms with Crippen LogP contribution in [0.2, 0.25) is 0 Å². The molecular weight excluding hydrogens is 362 g/mol. The molecule has 0 fully saturated rings. The standard InChI is InChI=1S/C15H15N5OS3/c1-8(13-9(2)20-24-14(13)16)18-19-12(21)7-22-15-17-10-5-3-4-6-11(10)23-15/h3-6H,7,16H2,1-2H3,(H,19,21)/b18-8-. The number of hydrogen-bond acceptors (Lipinski definition) is 8. The smallest absolute Gasteiger partial charge is 0.250 e. The normalized spacial score (nSPS) is 11.8. The van der Waals surface area contributed by atoms with Crippen LogP contribution in [-0.2, 0) is 4.79 Å². The molecular formula is C15H15N5OS3. The molecule has 3 rings (SSSR count). The predicted molar refractivity (Wildman–Crippen MR) is 102 cm³/mol. The molecule has 0 aliphatic rings. The van der Waals surface area contributed by atoms with Gasteiger partial charge in [-0.25, -0.2) is 10.4 Å². The van der Waals surface area contributed by atoms with Gasteiger partial charge in [0.15, 0.2) is 4.34 Å². The molecule has 0 atom stereocenters. The highest BCUT2D eigenvalue weighted by molar-refractivity contribution is 8.01. The number of nitrogens with two attached hydrogens (primary N) is 1. The van der Waals surface area contributed by atoms with Crippen LogP contribution in [0, 0.1) is 6.92 Å². The van der Waals surface area contributed by atoms with E-state index in [1.807, 2.05) is 31.2 Å². The van der Waals surface area contributed by atoms with Gasteiger partial charge in [0.2, 0.25) is 0 Å². The lowest BCUT2D eigenvalue weighted by atomic mass is 10.2. The van der Waals surface area contributed by atoms with Crippen molar-refractivity contribution in [2.24, 2.45) is 5.10 Å². The highest BCUT2D eigenvalue weighted by Crippen LogP contribution is 2.29. The second-order valence-corrected chi connectivity index (χ2v) is 8.03. The number of thiazole rings is 1. The van der Waals surface area contributed by atoms with Crippen LogP contribution >= 0.6 is 34.6 Å². The maximum Gasteiger partial charge on any atom is 0.250 e. The van der Waals surface area contributed by atoms with Crippen molar-refractivity contribution in [1.29, 1.82) is 0 Å². The Balaban J connectivity index is 1.58. The molecule has 0 unspecified atom stereocenters. The average molecular weight is 378 g/mol. The maximum absolute atomic E-state index is 12.0. The molecule has 24 heavy (non-hydrogen) atoms. The molecule has 0 bridgehead atoms. The number of nitrogens with zero attached hydrogens (tertiary/aromatic N) is 3. The van der Waals surface area contributed by atoms with Crippen molar-refractivity contribution in [3.8, 4) is 0 Å². The molecule has 0 saturated carbocycles. The van der Waals surface area contributed by atoms with E-state index in [1.165, 1.54) is 23.3 Å². The van der Waals surface area contributed by atoms with E-state index in [2.05, 4.69) is 19.9 Å². The number of fused-ring (bicyclic) bond motifs is 1. The van der Waals surface area contributed by atoms with Crippen LogP contribution in [0.15, 0.2) is 33.7 Å². The van der Waals surface area contributed by atoms with Crippen molar-refractivity contribution < 1.29 is 4.79 Å². The number of thioether (sulfide) groups is 1. The number of nitrogen functional groups attached to an aromatic ring is 1. The van der Waals surface area contributed by atoms with Crippen molar-refractivity contribution >= 4 is 61.5 Å². The van der Waals surface area contributed by atoms with Gasteiger partial charge in [-0.2, -0.15) is 9.47 Å². The van der Waals surface area contributed by atoms with Gasteiger partial charge in [0.25, 0.3) is 5.91 Å². The topological polar surface area (TPSA) is 93.3 Å². The zero-order valence-corrected chi connectivity index (χ0v) is 15.5. The maximum atomic E-state index is 12.0. The van der Waals surface area contributed by atoms with Crippen molar-refractivity contribution in [2.45, 2.75) is 18.2 Å².